The van der Waals surface area contributed by atoms with Crippen molar-refractivity contribution in [1.29, 1.82) is 0 Å². The van der Waals surface area contributed by atoms with Gasteiger partial charge >= 0.3 is 0 Å². The fourth-order valence-electron chi connectivity index (χ4n) is 2.65. The summed E-state index contributed by atoms with van der Waals surface area (Å²) in [5, 5.41) is 6.90. The van der Waals surface area contributed by atoms with E-state index >= 15 is 0 Å². The van der Waals surface area contributed by atoms with E-state index in [2.05, 4.69) is 10.5 Å². The van der Waals surface area contributed by atoms with Gasteiger partial charge in [-0.3, -0.25) is 4.79 Å². The molecule has 0 aliphatic heterocycles. The highest BCUT2D eigenvalue weighted by atomic mass is 35.5. The van der Waals surface area contributed by atoms with Crippen LogP contribution in [0.25, 0.3) is 10.8 Å². The summed E-state index contributed by atoms with van der Waals surface area (Å²) in [5.41, 5.74) is 3.25. The molecule has 7 heteroatoms. The van der Waals surface area contributed by atoms with Crippen LogP contribution in [-0.2, 0) is 4.79 Å². The molecule has 1 N–H and O–H groups in total. The van der Waals surface area contributed by atoms with Gasteiger partial charge in [-0.2, -0.15) is 5.10 Å². The van der Waals surface area contributed by atoms with Crippen LogP contribution in [0.5, 0.6) is 11.5 Å². The van der Waals surface area contributed by atoms with Crippen molar-refractivity contribution in [2.45, 2.75) is 13.0 Å². The van der Waals surface area contributed by atoms with E-state index < -0.39 is 12.0 Å². The lowest BCUT2D eigenvalue weighted by Gasteiger charge is -2.14. The highest BCUT2D eigenvalue weighted by molar-refractivity contribution is 6.35. The Labute approximate surface area is 172 Å². The zero-order valence-corrected chi connectivity index (χ0v) is 16.8. The molecule has 3 aromatic rings. The second kappa shape index (κ2) is 8.95. The van der Waals surface area contributed by atoms with Gasteiger partial charge in [0.15, 0.2) is 6.10 Å². The molecule has 0 aliphatic carbocycles. The average molecular weight is 417 g/mol. The van der Waals surface area contributed by atoms with Crippen LogP contribution < -0.4 is 14.9 Å². The number of nitrogens with zero attached hydrogens (tertiary/aromatic N) is 1. The van der Waals surface area contributed by atoms with E-state index in [-0.39, 0.29) is 0 Å². The van der Waals surface area contributed by atoms with Crippen LogP contribution in [0.2, 0.25) is 10.0 Å². The molecule has 3 aromatic carbocycles. The van der Waals surface area contributed by atoms with E-state index in [1.807, 2.05) is 36.4 Å². The number of hydrogen-bond donors (Lipinski definition) is 1. The van der Waals surface area contributed by atoms with Crippen LogP contribution in [0.3, 0.4) is 0 Å². The zero-order valence-electron chi connectivity index (χ0n) is 15.3. The van der Waals surface area contributed by atoms with Crippen molar-refractivity contribution in [3.8, 4) is 11.5 Å². The van der Waals surface area contributed by atoms with Crippen molar-refractivity contribution in [2.75, 3.05) is 7.11 Å². The normalized spacial score (nSPS) is 12.1. The fourth-order valence-corrected chi connectivity index (χ4v) is 3.11. The zero-order chi connectivity index (χ0) is 20.1. The molecule has 0 heterocycles. The monoisotopic (exact) mass is 416 g/mol. The number of amides is 1. The number of fused-ring (bicyclic) bond motifs is 1. The van der Waals surface area contributed by atoms with Crippen molar-refractivity contribution in [3.05, 3.63) is 70.2 Å². The van der Waals surface area contributed by atoms with Gasteiger partial charge in [-0.1, -0.05) is 53.5 Å². The van der Waals surface area contributed by atoms with E-state index in [4.69, 9.17) is 32.7 Å². The molecule has 0 saturated carbocycles. The number of methoxy groups -OCH3 is 1. The predicted octanol–water partition coefficient (Wildman–Crippen LogP) is 5.07. The van der Waals surface area contributed by atoms with Crippen LogP contribution in [-0.4, -0.2) is 25.3 Å². The lowest BCUT2D eigenvalue weighted by molar-refractivity contribution is -0.127. The summed E-state index contributed by atoms with van der Waals surface area (Å²) in [6, 6.07) is 16.5. The number of halogens is 2. The summed E-state index contributed by atoms with van der Waals surface area (Å²) < 4.78 is 11.0. The number of hydrazone groups is 1. The van der Waals surface area contributed by atoms with E-state index in [0.29, 0.717) is 21.5 Å². The maximum Gasteiger partial charge on any atom is 0.280 e. The first-order chi connectivity index (χ1) is 13.5. The molecule has 1 amide bonds. The van der Waals surface area contributed by atoms with Crippen LogP contribution in [0, 0.1) is 0 Å². The van der Waals surface area contributed by atoms with Gasteiger partial charge in [-0.05, 0) is 42.0 Å². The maximum atomic E-state index is 12.3. The number of ether oxygens (including phenoxy) is 2. The molecule has 0 fully saturated rings. The minimum absolute atomic E-state index is 0.330. The van der Waals surface area contributed by atoms with Crippen LogP contribution in [0.15, 0.2) is 59.7 Å². The largest absolute Gasteiger partial charge is 0.496 e. The number of benzene rings is 3. The Morgan fingerprint density at radius 1 is 1.11 bits per heavy atom. The number of hydrogen-bond acceptors (Lipinski definition) is 4. The second-order valence-electron chi connectivity index (χ2n) is 5.97. The third-order valence-electron chi connectivity index (χ3n) is 4.09. The lowest BCUT2D eigenvalue weighted by Crippen LogP contribution is -2.33. The molecule has 0 aliphatic rings. The van der Waals surface area contributed by atoms with Gasteiger partial charge in [0.1, 0.15) is 11.5 Å². The Balaban J connectivity index is 1.72. The van der Waals surface area contributed by atoms with Crippen molar-refractivity contribution in [1.82, 2.24) is 5.43 Å². The summed E-state index contributed by atoms with van der Waals surface area (Å²) in [5.74, 6) is 0.615. The topological polar surface area (TPSA) is 59.9 Å². The van der Waals surface area contributed by atoms with Crippen molar-refractivity contribution in [3.63, 3.8) is 0 Å². The first-order valence-corrected chi connectivity index (χ1v) is 9.25. The quantitative estimate of drug-likeness (QED) is 0.450. The van der Waals surface area contributed by atoms with E-state index in [1.54, 1.807) is 38.4 Å². The molecule has 144 valence electrons. The number of carbonyl (C=O) groups is 1. The Bertz CT molecular complexity index is 1040. The predicted molar refractivity (Wildman–Crippen MR) is 113 cm³/mol. The number of rotatable bonds is 6. The number of nitrogens with one attached hydrogen (secondary N) is 1. The minimum Gasteiger partial charge on any atom is -0.496 e. The molecule has 0 radical (unpaired) electrons. The van der Waals surface area contributed by atoms with Gasteiger partial charge in [0.25, 0.3) is 5.91 Å². The van der Waals surface area contributed by atoms with Gasteiger partial charge in [0, 0.05) is 10.6 Å². The Kier molecular flexibility index (Phi) is 6.39. The van der Waals surface area contributed by atoms with E-state index in [1.165, 1.54) is 0 Å². The Morgan fingerprint density at radius 2 is 1.86 bits per heavy atom. The lowest BCUT2D eigenvalue weighted by atomic mass is 10.0. The molecule has 3 rings (SSSR count). The van der Waals surface area contributed by atoms with E-state index in [9.17, 15) is 4.79 Å². The third-order valence-corrected chi connectivity index (χ3v) is 4.62. The molecule has 0 aromatic heterocycles. The highest BCUT2D eigenvalue weighted by Crippen LogP contribution is 2.28. The molecule has 0 saturated heterocycles. The summed E-state index contributed by atoms with van der Waals surface area (Å²) in [4.78, 5) is 12.3. The van der Waals surface area contributed by atoms with Crippen LogP contribution in [0.4, 0.5) is 0 Å². The van der Waals surface area contributed by atoms with Crippen LogP contribution in [0.1, 0.15) is 12.5 Å². The first-order valence-electron chi connectivity index (χ1n) is 8.50. The first kappa shape index (κ1) is 20.0. The van der Waals surface area contributed by atoms with Gasteiger partial charge < -0.3 is 9.47 Å². The van der Waals surface area contributed by atoms with Crippen molar-refractivity contribution in [2.24, 2.45) is 5.10 Å². The third kappa shape index (κ3) is 4.55. The standard InChI is InChI=1S/C21H18Cl2N2O3/c1-13(28-20-10-8-15(22)11-18(20)23)21(26)25-24-12-17-16-6-4-3-5-14(16)7-9-19(17)27-2/h3-13H,1-2H3,(H,25,26). The van der Waals surface area contributed by atoms with E-state index in [0.717, 1.165) is 16.3 Å². The smallest absolute Gasteiger partial charge is 0.280 e. The van der Waals surface area contributed by atoms with Crippen molar-refractivity contribution < 1.29 is 14.3 Å². The minimum atomic E-state index is -0.801. The Hall–Kier alpha value is -2.76. The highest BCUT2D eigenvalue weighted by Gasteiger charge is 2.16. The van der Waals surface area contributed by atoms with Crippen LogP contribution >= 0.6 is 23.2 Å². The summed E-state index contributed by atoms with van der Waals surface area (Å²) in [6.45, 7) is 1.61. The molecule has 28 heavy (non-hydrogen) atoms. The summed E-state index contributed by atoms with van der Waals surface area (Å²) >= 11 is 11.9. The fraction of sp³-hybridized carbons (Fsp3) is 0.143. The van der Waals surface area contributed by atoms with Gasteiger partial charge in [-0.15, -0.1) is 0 Å². The molecule has 1 unspecified atom stereocenters. The van der Waals surface area contributed by atoms with Crippen molar-refractivity contribution >= 4 is 46.1 Å². The molecule has 0 bridgehead atoms. The average Bonchev–Trinajstić information content (AvgIpc) is 2.69. The van der Waals surface area contributed by atoms with Gasteiger partial charge in [0.2, 0.25) is 0 Å². The van der Waals surface area contributed by atoms with Gasteiger partial charge in [-0.25, -0.2) is 5.43 Å². The molecule has 5 nitrogen and oxygen atoms in total. The number of carbonyl (C=O) groups excluding carboxylic acids is 1. The molecule has 0 spiro atoms. The molecule has 1 atom stereocenters. The summed E-state index contributed by atoms with van der Waals surface area (Å²) in [7, 11) is 1.59. The Morgan fingerprint density at radius 3 is 2.61 bits per heavy atom. The maximum absolute atomic E-state index is 12.3. The molecular formula is C21H18Cl2N2O3. The second-order valence-corrected chi connectivity index (χ2v) is 6.82. The molecular weight excluding hydrogens is 399 g/mol. The van der Waals surface area contributed by atoms with Gasteiger partial charge in [0.05, 0.1) is 18.3 Å². The summed E-state index contributed by atoms with van der Waals surface area (Å²) in [6.07, 6.45) is 0.756. The SMILES string of the molecule is COc1ccc2ccccc2c1C=NNC(=O)C(C)Oc1ccc(Cl)cc1Cl.